The van der Waals surface area contributed by atoms with E-state index in [-0.39, 0.29) is 0 Å². The molecule has 0 saturated carbocycles. The van der Waals surface area contributed by atoms with Gasteiger partial charge in [0.1, 0.15) is 0 Å². The molecule has 0 fully saturated rings. The Hall–Kier alpha value is -0.700. The van der Waals surface area contributed by atoms with E-state index < -0.39 is 0 Å². The predicted octanol–water partition coefficient (Wildman–Crippen LogP) is 3.30. The van der Waals surface area contributed by atoms with Crippen molar-refractivity contribution < 1.29 is 0 Å². The smallest absolute Gasteiger partial charge is 0.0676 e. The normalized spacial score (nSPS) is 11.1. The summed E-state index contributed by atoms with van der Waals surface area (Å²) in [5, 5.41) is 2.33. The van der Waals surface area contributed by atoms with E-state index >= 15 is 0 Å². The molecular weight excluding hydrogens is 231 g/mol. The Morgan fingerprint density at radius 1 is 1.20 bits per heavy atom. The second-order valence-electron chi connectivity index (χ2n) is 3.45. The molecule has 1 aromatic heterocycles. The highest BCUT2D eigenvalue weighted by Gasteiger charge is 2.08. The number of fused-ring (bicyclic) bond motifs is 1. The van der Waals surface area contributed by atoms with Crippen LogP contribution < -0.4 is 5.73 Å². The molecule has 0 amide bonds. The van der Waals surface area contributed by atoms with E-state index in [0.717, 1.165) is 23.9 Å². The van der Waals surface area contributed by atoms with Gasteiger partial charge in [-0.3, -0.25) is 0 Å². The summed E-state index contributed by atoms with van der Waals surface area (Å²) in [7, 11) is 0. The number of nitrogens with zero attached hydrogens (tertiary/aromatic N) is 1. The van der Waals surface area contributed by atoms with Gasteiger partial charge in [0.2, 0.25) is 0 Å². The van der Waals surface area contributed by atoms with Crippen molar-refractivity contribution >= 4 is 34.1 Å². The molecule has 2 aromatic rings. The van der Waals surface area contributed by atoms with Crippen molar-refractivity contribution in [3.63, 3.8) is 0 Å². The van der Waals surface area contributed by atoms with Crippen LogP contribution in [0.4, 0.5) is 0 Å². The third-order valence-corrected chi connectivity index (χ3v) is 3.01. The average molecular weight is 243 g/mol. The van der Waals surface area contributed by atoms with Crippen LogP contribution in [0.3, 0.4) is 0 Å². The van der Waals surface area contributed by atoms with E-state index in [1.165, 1.54) is 0 Å². The first-order valence-corrected chi connectivity index (χ1v) is 5.62. The molecular formula is C11H12Cl2N2. The van der Waals surface area contributed by atoms with Crippen LogP contribution in [0.2, 0.25) is 10.0 Å². The summed E-state index contributed by atoms with van der Waals surface area (Å²) in [6.07, 6.45) is 2.85. The molecule has 80 valence electrons. The summed E-state index contributed by atoms with van der Waals surface area (Å²) in [6.45, 7) is 1.55. The summed E-state index contributed by atoms with van der Waals surface area (Å²) in [5.41, 5.74) is 6.56. The topological polar surface area (TPSA) is 30.9 Å². The first kappa shape index (κ1) is 10.8. The van der Waals surface area contributed by atoms with Gasteiger partial charge in [-0.25, -0.2) is 0 Å². The predicted molar refractivity (Wildman–Crippen MR) is 65.6 cm³/mol. The first-order chi connectivity index (χ1) is 7.24. The van der Waals surface area contributed by atoms with Crippen molar-refractivity contribution in [1.29, 1.82) is 0 Å². The van der Waals surface area contributed by atoms with E-state index in [1.54, 1.807) is 0 Å². The number of halogens is 2. The molecule has 2 rings (SSSR count). The second-order valence-corrected chi connectivity index (χ2v) is 4.26. The van der Waals surface area contributed by atoms with E-state index in [0.29, 0.717) is 16.6 Å². The van der Waals surface area contributed by atoms with Gasteiger partial charge in [0, 0.05) is 18.1 Å². The van der Waals surface area contributed by atoms with Gasteiger partial charge in [0.05, 0.1) is 15.6 Å². The number of aromatic nitrogens is 1. The fourth-order valence-corrected chi connectivity index (χ4v) is 2.34. The van der Waals surface area contributed by atoms with Gasteiger partial charge in [-0.1, -0.05) is 29.3 Å². The van der Waals surface area contributed by atoms with Crippen molar-refractivity contribution in [2.75, 3.05) is 6.54 Å². The average Bonchev–Trinajstić information content (AvgIpc) is 2.54. The maximum atomic E-state index is 6.13. The van der Waals surface area contributed by atoms with Crippen LogP contribution in [-0.2, 0) is 6.54 Å². The van der Waals surface area contributed by atoms with E-state index in [4.69, 9.17) is 28.9 Å². The molecule has 0 radical (unpaired) electrons. The molecule has 2 N–H and O–H groups in total. The van der Waals surface area contributed by atoms with Crippen LogP contribution in [0.1, 0.15) is 6.42 Å². The molecule has 0 aliphatic carbocycles. The number of aryl methyl sites for hydroxylation is 1. The van der Waals surface area contributed by atoms with Gasteiger partial charge in [-0.15, -0.1) is 0 Å². The van der Waals surface area contributed by atoms with Crippen molar-refractivity contribution in [3.8, 4) is 0 Å². The zero-order chi connectivity index (χ0) is 10.8. The number of rotatable bonds is 3. The second kappa shape index (κ2) is 4.44. The lowest BCUT2D eigenvalue weighted by molar-refractivity contribution is 0.671. The molecule has 0 unspecified atom stereocenters. The van der Waals surface area contributed by atoms with Crippen molar-refractivity contribution in [2.45, 2.75) is 13.0 Å². The minimum absolute atomic E-state index is 0.678. The summed E-state index contributed by atoms with van der Waals surface area (Å²) < 4.78 is 2.09. The Kier molecular flexibility index (Phi) is 3.19. The Balaban J connectivity index is 2.53. The summed E-state index contributed by atoms with van der Waals surface area (Å²) >= 11 is 12.2. The molecule has 0 aliphatic rings. The fourth-order valence-electron chi connectivity index (χ4n) is 1.71. The fraction of sp³-hybridized carbons (Fsp3) is 0.273. The maximum absolute atomic E-state index is 6.13. The molecule has 0 aliphatic heterocycles. The number of hydrogen-bond acceptors (Lipinski definition) is 1. The minimum atomic E-state index is 0.678. The van der Waals surface area contributed by atoms with Crippen molar-refractivity contribution in [3.05, 3.63) is 34.4 Å². The van der Waals surface area contributed by atoms with Crippen LogP contribution in [0.5, 0.6) is 0 Å². The van der Waals surface area contributed by atoms with Crippen molar-refractivity contribution in [2.24, 2.45) is 5.73 Å². The van der Waals surface area contributed by atoms with Gasteiger partial charge >= 0.3 is 0 Å². The zero-order valence-electron chi connectivity index (χ0n) is 8.21. The highest BCUT2D eigenvalue weighted by Crippen LogP contribution is 2.31. The van der Waals surface area contributed by atoms with Gasteiger partial charge in [-0.2, -0.15) is 0 Å². The molecule has 4 heteroatoms. The van der Waals surface area contributed by atoms with Crippen LogP contribution in [0.25, 0.3) is 10.9 Å². The SMILES string of the molecule is NCCCn1cc(Cl)c2c(Cl)cccc21. The lowest BCUT2D eigenvalue weighted by Gasteiger charge is -2.03. The van der Waals surface area contributed by atoms with Gasteiger partial charge < -0.3 is 10.3 Å². The highest BCUT2D eigenvalue weighted by molar-refractivity contribution is 6.42. The molecule has 1 heterocycles. The van der Waals surface area contributed by atoms with Crippen LogP contribution in [-0.4, -0.2) is 11.1 Å². The number of nitrogens with two attached hydrogens (primary N) is 1. The zero-order valence-corrected chi connectivity index (χ0v) is 9.72. The van der Waals surface area contributed by atoms with E-state index in [1.807, 2.05) is 24.4 Å². The molecule has 0 spiro atoms. The Morgan fingerprint density at radius 2 is 2.00 bits per heavy atom. The molecule has 15 heavy (non-hydrogen) atoms. The number of hydrogen-bond donors (Lipinski definition) is 1. The van der Waals surface area contributed by atoms with Gasteiger partial charge in [0.15, 0.2) is 0 Å². The van der Waals surface area contributed by atoms with Crippen LogP contribution in [0.15, 0.2) is 24.4 Å². The Morgan fingerprint density at radius 3 is 2.73 bits per heavy atom. The largest absolute Gasteiger partial charge is 0.346 e. The third kappa shape index (κ3) is 1.98. The lowest BCUT2D eigenvalue weighted by Crippen LogP contribution is -2.04. The molecule has 1 aromatic carbocycles. The first-order valence-electron chi connectivity index (χ1n) is 4.87. The Labute approximate surface area is 98.6 Å². The Bertz CT molecular complexity index is 477. The van der Waals surface area contributed by atoms with E-state index in [9.17, 15) is 0 Å². The molecule has 0 saturated heterocycles. The lowest BCUT2D eigenvalue weighted by atomic mass is 10.2. The van der Waals surface area contributed by atoms with Crippen LogP contribution in [0, 0.1) is 0 Å². The summed E-state index contributed by atoms with van der Waals surface area (Å²) in [5.74, 6) is 0. The minimum Gasteiger partial charge on any atom is -0.346 e. The van der Waals surface area contributed by atoms with E-state index in [2.05, 4.69) is 4.57 Å². The summed E-state index contributed by atoms with van der Waals surface area (Å²) in [6, 6.07) is 5.80. The standard InChI is InChI=1S/C11H12Cl2N2/c12-8-3-1-4-10-11(8)9(13)7-15(10)6-2-5-14/h1,3-4,7H,2,5-6,14H2. The van der Waals surface area contributed by atoms with Crippen LogP contribution >= 0.6 is 23.2 Å². The third-order valence-electron chi connectivity index (χ3n) is 2.41. The monoisotopic (exact) mass is 242 g/mol. The maximum Gasteiger partial charge on any atom is 0.0676 e. The quantitative estimate of drug-likeness (QED) is 0.880. The summed E-state index contributed by atoms with van der Waals surface area (Å²) in [4.78, 5) is 0. The number of benzene rings is 1. The molecule has 0 bridgehead atoms. The van der Waals surface area contributed by atoms with Gasteiger partial charge in [0.25, 0.3) is 0 Å². The molecule has 2 nitrogen and oxygen atoms in total. The van der Waals surface area contributed by atoms with Crippen molar-refractivity contribution in [1.82, 2.24) is 4.57 Å². The highest BCUT2D eigenvalue weighted by atomic mass is 35.5. The molecule has 0 atom stereocenters. The van der Waals surface area contributed by atoms with Gasteiger partial charge in [-0.05, 0) is 25.1 Å².